The van der Waals surface area contributed by atoms with E-state index in [1.165, 1.54) is 23.9 Å². The van der Waals surface area contributed by atoms with Crippen LogP contribution in [0.2, 0.25) is 0 Å². The second-order valence-corrected chi connectivity index (χ2v) is 13.3. The summed E-state index contributed by atoms with van der Waals surface area (Å²) in [7, 11) is 9.65. The Hall–Kier alpha value is -4.48. The van der Waals surface area contributed by atoms with Crippen LogP contribution in [0.25, 0.3) is 0 Å². The molecule has 0 aromatic heterocycles. The number of rotatable bonds is 28. The average Bonchev–Trinajstić information content (AvgIpc) is 3.67. The van der Waals surface area contributed by atoms with Crippen LogP contribution >= 0.6 is 0 Å². The number of hydrogen-bond donors (Lipinski definition) is 9. The van der Waals surface area contributed by atoms with Gasteiger partial charge in [-0.05, 0) is 53.4 Å². The minimum atomic E-state index is -0.883. The van der Waals surface area contributed by atoms with Crippen LogP contribution in [0.4, 0.5) is 0 Å². The van der Waals surface area contributed by atoms with Gasteiger partial charge in [-0.1, -0.05) is 19.0 Å². The summed E-state index contributed by atoms with van der Waals surface area (Å²) < 4.78 is 0. The van der Waals surface area contributed by atoms with Crippen LogP contribution in [0.3, 0.4) is 0 Å². The Morgan fingerprint density at radius 1 is 0.804 bits per heavy atom. The number of carbonyl (C=O) groups is 7. The van der Waals surface area contributed by atoms with E-state index in [2.05, 4.69) is 53.2 Å². The molecule has 1 heterocycles. The molecule has 0 aliphatic carbocycles. The quantitative estimate of drug-likeness (QED) is 0.0204. The average molecular weight is 800 g/mol. The first kappa shape index (κ1) is 49.5. The lowest BCUT2D eigenvalue weighted by Crippen LogP contribution is -2.56. The van der Waals surface area contributed by atoms with E-state index in [9.17, 15) is 33.6 Å². The van der Waals surface area contributed by atoms with Crippen molar-refractivity contribution in [3.8, 4) is 0 Å². The van der Waals surface area contributed by atoms with Gasteiger partial charge in [0.2, 0.25) is 23.6 Å². The molecule has 3 atom stereocenters. The fourth-order valence-corrected chi connectivity index (χ4v) is 5.87. The minimum Gasteiger partial charge on any atom is -0.386 e. The van der Waals surface area contributed by atoms with Crippen molar-refractivity contribution in [1.29, 1.82) is 0 Å². The maximum Gasteiger partial charge on any atom is 0.266 e. The van der Waals surface area contributed by atoms with Crippen molar-refractivity contribution in [3.63, 3.8) is 0 Å². The third-order valence-electron chi connectivity index (χ3n) is 8.74. The van der Waals surface area contributed by atoms with Gasteiger partial charge in [0.25, 0.3) is 17.7 Å². The van der Waals surface area contributed by atoms with E-state index in [-0.39, 0.29) is 81.3 Å². The second-order valence-electron chi connectivity index (χ2n) is 13.3. The Morgan fingerprint density at radius 2 is 1.41 bits per heavy atom. The van der Waals surface area contributed by atoms with E-state index in [1.54, 1.807) is 33.1 Å². The fourth-order valence-electron chi connectivity index (χ4n) is 5.87. The van der Waals surface area contributed by atoms with Crippen LogP contribution in [0.5, 0.6) is 0 Å². The number of nitrogens with zero attached hydrogens (tertiary/aromatic N) is 4. The Morgan fingerprint density at radius 3 is 1.95 bits per heavy atom. The lowest BCUT2D eigenvalue weighted by atomic mass is 10.0. The number of carbonyl (C=O) groups excluding carboxylic acids is 7. The normalized spacial score (nSPS) is 15.0. The zero-order chi connectivity index (χ0) is 42.0. The zero-order valence-corrected chi connectivity index (χ0v) is 34.1. The van der Waals surface area contributed by atoms with E-state index < -0.39 is 42.7 Å². The van der Waals surface area contributed by atoms with Gasteiger partial charge in [0.05, 0.1) is 6.04 Å². The van der Waals surface area contributed by atoms with Crippen LogP contribution in [0, 0.1) is 5.92 Å². The zero-order valence-electron chi connectivity index (χ0n) is 34.1. The molecular formula is C34H65N13O9. The molecule has 0 saturated carbocycles. The van der Waals surface area contributed by atoms with Gasteiger partial charge in [-0.15, -0.1) is 0 Å². The summed E-state index contributed by atoms with van der Waals surface area (Å²) in [6.45, 7) is 4.47. The van der Waals surface area contributed by atoms with Gasteiger partial charge < -0.3 is 51.4 Å². The summed E-state index contributed by atoms with van der Waals surface area (Å²) in [4.78, 5) is 104. The molecule has 1 fully saturated rings. The van der Waals surface area contributed by atoms with Crippen molar-refractivity contribution in [2.45, 2.75) is 57.4 Å². The van der Waals surface area contributed by atoms with Gasteiger partial charge in [0.15, 0.2) is 6.61 Å². The number of likely N-dealkylation sites (tertiary alicyclic amines) is 1. The van der Waals surface area contributed by atoms with Crippen LogP contribution in [-0.4, -0.2) is 194 Å². The number of likely N-dealkylation sites (N-methyl/N-ethyl adjacent to an activating group) is 5. The van der Waals surface area contributed by atoms with E-state index in [0.29, 0.717) is 32.4 Å². The van der Waals surface area contributed by atoms with Gasteiger partial charge in [-0.3, -0.25) is 49.0 Å². The van der Waals surface area contributed by atoms with Crippen LogP contribution in [-0.2, 0) is 43.2 Å². The third-order valence-corrected chi connectivity index (χ3v) is 8.74. The third kappa shape index (κ3) is 18.0. The molecule has 22 heteroatoms. The Balaban J connectivity index is 2.83. The minimum absolute atomic E-state index is 0.0270. The van der Waals surface area contributed by atoms with Crippen molar-refractivity contribution in [2.75, 3.05) is 108 Å². The predicted octanol–water partition coefficient (Wildman–Crippen LogP) is -5.13. The predicted molar refractivity (Wildman–Crippen MR) is 208 cm³/mol. The molecule has 1 aliphatic heterocycles. The van der Waals surface area contributed by atoms with Crippen LogP contribution in [0.15, 0.2) is 5.16 Å². The molecule has 0 aromatic carbocycles. The highest BCUT2D eigenvalue weighted by Crippen LogP contribution is 2.20. The SMILES string of the molecule is CNCC(NC)C(=O)N(CCNC(=O)CONC)CCN(CCNC(=O)CO/N=C/C(=O)N[C@@H](CC(C)C)C(=O)N1CCC[C@H]1C(=O)NC)C(=O)C(NC)NC. The first-order valence-corrected chi connectivity index (χ1v) is 18.8. The summed E-state index contributed by atoms with van der Waals surface area (Å²) in [6.07, 6.45) is 1.63. The monoisotopic (exact) mass is 800 g/mol. The largest absolute Gasteiger partial charge is 0.386 e. The van der Waals surface area contributed by atoms with E-state index in [4.69, 9.17) is 9.68 Å². The molecule has 22 nitrogen and oxygen atoms in total. The molecule has 1 aliphatic rings. The van der Waals surface area contributed by atoms with Gasteiger partial charge in [-0.2, -0.15) is 0 Å². The van der Waals surface area contributed by atoms with Crippen molar-refractivity contribution >= 4 is 47.6 Å². The van der Waals surface area contributed by atoms with E-state index >= 15 is 0 Å². The van der Waals surface area contributed by atoms with Crippen LogP contribution < -0.4 is 48.0 Å². The number of hydrogen-bond acceptors (Lipinski definition) is 15. The molecule has 1 saturated heterocycles. The van der Waals surface area contributed by atoms with Gasteiger partial charge in [-0.25, -0.2) is 5.48 Å². The molecule has 1 rings (SSSR count). The molecule has 9 N–H and O–H groups in total. The number of hydroxylamine groups is 1. The summed E-state index contributed by atoms with van der Waals surface area (Å²) in [5.74, 6) is -2.77. The number of oxime groups is 1. The molecule has 0 radical (unpaired) electrons. The number of nitrogens with one attached hydrogen (secondary N) is 9. The first-order valence-electron chi connectivity index (χ1n) is 18.8. The lowest BCUT2D eigenvalue weighted by molar-refractivity contribution is -0.141. The van der Waals surface area contributed by atoms with Gasteiger partial charge in [0, 0.05) is 66.5 Å². The summed E-state index contributed by atoms with van der Waals surface area (Å²) in [5, 5.41) is 25.8. The summed E-state index contributed by atoms with van der Waals surface area (Å²) in [5.41, 5.74) is 2.42. The van der Waals surface area contributed by atoms with Gasteiger partial charge >= 0.3 is 0 Å². The van der Waals surface area contributed by atoms with Gasteiger partial charge in [0.1, 0.15) is 31.1 Å². The molecular weight excluding hydrogens is 734 g/mol. The lowest BCUT2D eigenvalue weighted by Gasteiger charge is -2.32. The summed E-state index contributed by atoms with van der Waals surface area (Å²) in [6, 6.07) is -2.04. The van der Waals surface area contributed by atoms with Crippen LogP contribution in [0.1, 0.15) is 33.1 Å². The fraction of sp³-hybridized carbons (Fsp3) is 0.765. The number of amides is 7. The van der Waals surface area contributed by atoms with E-state index in [1.807, 2.05) is 13.8 Å². The molecule has 1 unspecified atom stereocenters. The maximum atomic E-state index is 13.4. The summed E-state index contributed by atoms with van der Waals surface area (Å²) >= 11 is 0. The molecule has 0 aromatic rings. The first-order chi connectivity index (χ1) is 26.8. The Kier molecular flexibility index (Phi) is 24.8. The standard InChI is InChI=1S/C34H65N13O9/c1-23(2)18-24(33(53)47-13-9-10-26(47)31(51)39-7)44-27(48)20-43-56-22-29(50)42-12-15-46(34(54)30(37-5)38-6)17-16-45(32(52)25(36-4)19-35-3)14-11-41-28(49)21-55-40-8/h20,23-26,30,35-38,40H,9-19,21-22H2,1-8H3,(H,39,51)(H,41,49)(H,42,50)(H,44,48)/b43-20+/t24-,25?,26-/m0/s1. The van der Waals surface area contributed by atoms with E-state index in [0.717, 1.165) is 6.21 Å². The molecule has 7 amide bonds. The molecule has 0 bridgehead atoms. The van der Waals surface area contributed by atoms with Crippen molar-refractivity contribution in [2.24, 2.45) is 11.1 Å². The molecule has 0 spiro atoms. The smallest absolute Gasteiger partial charge is 0.266 e. The molecule has 320 valence electrons. The van der Waals surface area contributed by atoms with Crippen molar-refractivity contribution < 1.29 is 43.2 Å². The highest BCUT2D eigenvalue weighted by Gasteiger charge is 2.37. The molecule has 56 heavy (non-hydrogen) atoms. The highest BCUT2D eigenvalue weighted by molar-refractivity contribution is 6.26. The topological polar surface area (TPSA) is 268 Å². The second kappa shape index (κ2) is 28.0. The van der Waals surface area contributed by atoms with Crippen molar-refractivity contribution in [1.82, 2.24) is 62.7 Å². The highest BCUT2D eigenvalue weighted by atomic mass is 16.6. The maximum absolute atomic E-state index is 13.4. The van der Waals surface area contributed by atoms with Crippen molar-refractivity contribution in [3.05, 3.63) is 0 Å². The Bertz CT molecular complexity index is 1290. The Labute approximate surface area is 329 Å².